The van der Waals surface area contributed by atoms with Crippen LogP contribution in [0.1, 0.15) is 15.9 Å². The number of aryl methyl sites for hydroxylation is 1. The molecule has 2 aromatic rings. The Kier molecular flexibility index (Phi) is 4.05. The number of nitro groups is 1. The molecule has 5 nitrogen and oxygen atoms in total. The van der Waals surface area contributed by atoms with Gasteiger partial charge in [0, 0.05) is 21.9 Å². The Balaban J connectivity index is 2.23. The molecule has 0 spiro atoms. The molecule has 0 unspecified atom stereocenters. The molecule has 0 atom stereocenters. The van der Waals surface area contributed by atoms with Gasteiger partial charge in [0.1, 0.15) is 0 Å². The van der Waals surface area contributed by atoms with Gasteiger partial charge in [-0.05, 0) is 36.8 Å². The number of carboxylic acids is 1. The standard InChI is InChI=1S/C14H11NO4S/c1-9-2-5-12(8-13(9)14(16)17)20-11-6-3-10(4-7-11)15(18)19/h2-8H,1H3,(H,16,17). The summed E-state index contributed by atoms with van der Waals surface area (Å²) in [7, 11) is 0. The molecular weight excluding hydrogens is 278 g/mol. The number of carboxylic acid groups (broad SMARTS) is 1. The molecule has 1 N–H and O–H groups in total. The lowest BCUT2D eigenvalue weighted by atomic mass is 10.1. The van der Waals surface area contributed by atoms with Gasteiger partial charge >= 0.3 is 5.97 Å². The number of non-ortho nitro benzene ring substituents is 1. The molecule has 2 aromatic carbocycles. The van der Waals surface area contributed by atoms with Crippen molar-refractivity contribution in [3.8, 4) is 0 Å². The minimum atomic E-state index is -0.964. The molecule has 0 saturated heterocycles. The summed E-state index contributed by atoms with van der Waals surface area (Å²) in [5.74, 6) is -0.964. The summed E-state index contributed by atoms with van der Waals surface area (Å²) in [6.07, 6.45) is 0. The molecule has 0 saturated carbocycles. The highest BCUT2D eigenvalue weighted by molar-refractivity contribution is 7.99. The van der Waals surface area contributed by atoms with Crippen LogP contribution in [0.5, 0.6) is 0 Å². The van der Waals surface area contributed by atoms with E-state index in [0.717, 1.165) is 9.79 Å². The van der Waals surface area contributed by atoms with Gasteiger partial charge in [-0.25, -0.2) is 4.79 Å². The lowest BCUT2D eigenvalue weighted by Crippen LogP contribution is -1.99. The number of rotatable bonds is 4. The molecule has 0 aliphatic heterocycles. The zero-order valence-electron chi connectivity index (χ0n) is 10.6. The molecule has 0 radical (unpaired) electrons. The van der Waals surface area contributed by atoms with Crippen LogP contribution in [0, 0.1) is 17.0 Å². The van der Waals surface area contributed by atoms with Crippen molar-refractivity contribution < 1.29 is 14.8 Å². The highest BCUT2D eigenvalue weighted by atomic mass is 32.2. The number of nitrogens with zero attached hydrogens (tertiary/aromatic N) is 1. The summed E-state index contributed by atoms with van der Waals surface area (Å²) < 4.78 is 0. The fourth-order valence-electron chi connectivity index (χ4n) is 1.67. The normalized spacial score (nSPS) is 10.2. The minimum Gasteiger partial charge on any atom is -0.478 e. The lowest BCUT2D eigenvalue weighted by Gasteiger charge is -2.05. The maximum absolute atomic E-state index is 11.1. The van der Waals surface area contributed by atoms with Gasteiger partial charge in [-0.2, -0.15) is 0 Å². The van der Waals surface area contributed by atoms with Crippen LogP contribution < -0.4 is 0 Å². The van der Waals surface area contributed by atoms with Gasteiger partial charge in [0.05, 0.1) is 10.5 Å². The first kappa shape index (κ1) is 14.1. The van der Waals surface area contributed by atoms with E-state index in [2.05, 4.69) is 0 Å². The van der Waals surface area contributed by atoms with Gasteiger partial charge in [0.15, 0.2) is 0 Å². The van der Waals surface area contributed by atoms with Crippen LogP contribution in [0.25, 0.3) is 0 Å². The van der Waals surface area contributed by atoms with E-state index in [0.29, 0.717) is 5.56 Å². The largest absolute Gasteiger partial charge is 0.478 e. The second-order valence-electron chi connectivity index (χ2n) is 4.13. The molecule has 0 heterocycles. The van der Waals surface area contributed by atoms with Crippen LogP contribution in [-0.4, -0.2) is 16.0 Å². The average molecular weight is 289 g/mol. The number of aromatic carboxylic acids is 1. The lowest BCUT2D eigenvalue weighted by molar-refractivity contribution is -0.384. The highest BCUT2D eigenvalue weighted by Crippen LogP contribution is 2.30. The highest BCUT2D eigenvalue weighted by Gasteiger charge is 2.09. The molecule has 20 heavy (non-hydrogen) atoms. The summed E-state index contributed by atoms with van der Waals surface area (Å²) in [5.41, 5.74) is 0.993. The van der Waals surface area contributed by atoms with Crippen LogP contribution in [0.2, 0.25) is 0 Å². The Morgan fingerprint density at radius 3 is 2.30 bits per heavy atom. The summed E-state index contributed by atoms with van der Waals surface area (Å²) in [5, 5.41) is 19.6. The van der Waals surface area contributed by atoms with E-state index in [4.69, 9.17) is 5.11 Å². The third-order valence-corrected chi connectivity index (χ3v) is 3.72. The Morgan fingerprint density at radius 1 is 1.15 bits per heavy atom. The summed E-state index contributed by atoms with van der Waals surface area (Å²) in [6.45, 7) is 1.74. The monoisotopic (exact) mass is 289 g/mol. The first-order valence-electron chi connectivity index (χ1n) is 5.73. The van der Waals surface area contributed by atoms with Crippen LogP contribution in [-0.2, 0) is 0 Å². The molecule has 6 heteroatoms. The van der Waals surface area contributed by atoms with E-state index < -0.39 is 10.9 Å². The van der Waals surface area contributed by atoms with Gasteiger partial charge < -0.3 is 5.11 Å². The summed E-state index contributed by atoms with van der Waals surface area (Å²) >= 11 is 1.36. The quantitative estimate of drug-likeness (QED) is 0.684. The van der Waals surface area contributed by atoms with Gasteiger partial charge in [-0.3, -0.25) is 10.1 Å². The van der Waals surface area contributed by atoms with E-state index >= 15 is 0 Å². The van der Waals surface area contributed by atoms with Crippen molar-refractivity contribution >= 4 is 23.4 Å². The third-order valence-electron chi connectivity index (χ3n) is 2.72. The van der Waals surface area contributed by atoms with Crippen LogP contribution in [0.3, 0.4) is 0 Å². The van der Waals surface area contributed by atoms with Crippen molar-refractivity contribution in [1.29, 1.82) is 0 Å². The molecule has 0 aliphatic rings. The topological polar surface area (TPSA) is 80.4 Å². The van der Waals surface area contributed by atoms with E-state index in [9.17, 15) is 14.9 Å². The molecule has 0 fully saturated rings. The van der Waals surface area contributed by atoms with E-state index in [-0.39, 0.29) is 11.3 Å². The minimum absolute atomic E-state index is 0.0319. The second-order valence-corrected chi connectivity index (χ2v) is 5.28. The predicted octanol–water partition coefficient (Wildman–Crippen LogP) is 3.75. The number of benzene rings is 2. The number of carbonyl (C=O) groups is 1. The fourth-order valence-corrected chi connectivity index (χ4v) is 2.52. The maximum Gasteiger partial charge on any atom is 0.335 e. The molecule has 102 valence electrons. The van der Waals surface area contributed by atoms with E-state index in [1.807, 2.05) is 6.07 Å². The van der Waals surface area contributed by atoms with Crippen molar-refractivity contribution in [2.75, 3.05) is 0 Å². The summed E-state index contributed by atoms with van der Waals surface area (Å²) in [6, 6.07) is 11.3. The number of hydrogen-bond donors (Lipinski definition) is 1. The fraction of sp³-hybridized carbons (Fsp3) is 0.0714. The maximum atomic E-state index is 11.1. The molecule has 0 aliphatic carbocycles. The number of hydrogen-bond acceptors (Lipinski definition) is 4. The zero-order chi connectivity index (χ0) is 14.7. The molecule has 0 amide bonds. The van der Waals surface area contributed by atoms with Crippen LogP contribution in [0.15, 0.2) is 52.3 Å². The van der Waals surface area contributed by atoms with Gasteiger partial charge in [0.2, 0.25) is 0 Å². The Bertz CT molecular complexity index is 667. The van der Waals surface area contributed by atoms with Crippen molar-refractivity contribution in [3.05, 3.63) is 63.7 Å². The van der Waals surface area contributed by atoms with Crippen LogP contribution >= 0.6 is 11.8 Å². The van der Waals surface area contributed by atoms with Crippen molar-refractivity contribution in [2.24, 2.45) is 0 Å². The molecule has 0 bridgehead atoms. The van der Waals surface area contributed by atoms with Gasteiger partial charge in [-0.1, -0.05) is 17.8 Å². The first-order chi connectivity index (χ1) is 9.47. The molecular formula is C14H11NO4S. The molecule has 2 rings (SSSR count). The first-order valence-corrected chi connectivity index (χ1v) is 6.55. The predicted molar refractivity (Wildman–Crippen MR) is 75.4 cm³/mol. The van der Waals surface area contributed by atoms with Crippen molar-refractivity contribution in [2.45, 2.75) is 16.7 Å². The van der Waals surface area contributed by atoms with E-state index in [1.165, 1.54) is 23.9 Å². The van der Waals surface area contributed by atoms with Gasteiger partial charge in [-0.15, -0.1) is 0 Å². The summed E-state index contributed by atoms with van der Waals surface area (Å²) in [4.78, 5) is 22.8. The Morgan fingerprint density at radius 2 is 1.75 bits per heavy atom. The SMILES string of the molecule is Cc1ccc(Sc2ccc([N+](=O)[O-])cc2)cc1C(=O)O. The Labute approximate surface area is 119 Å². The second kappa shape index (κ2) is 5.75. The third kappa shape index (κ3) is 3.16. The van der Waals surface area contributed by atoms with Crippen molar-refractivity contribution in [3.63, 3.8) is 0 Å². The van der Waals surface area contributed by atoms with E-state index in [1.54, 1.807) is 31.2 Å². The molecule has 0 aromatic heterocycles. The van der Waals surface area contributed by atoms with Crippen LogP contribution in [0.4, 0.5) is 5.69 Å². The smallest absolute Gasteiger partial charge is 0.335 e. The average Bonchev–Trinajstić information content (AvgIpc) is 2.41. The zero-order valence-corrected chi connectivity index (χ0v) is 11.4. The number of nitro benzene ring substituents is 1. The Hall–Kier alpha value is -2.34. The van der Waals surface area contributed by atoms with Gasteiger partial charge in [0.25, 0.3) is 5.69 Å². The van der Waals surface area contributed by atoms with Crippen molar-refractivity contribution in [1.82, 2.24) is 0 Å².